The molecule has 136 valence electrons. The molecule has 6 nitrogen and oxygen atoms in total. The van der Waals surface area contributed by atoms with Crippen molar-refractivity contribution in [3.63, 3.8) is 0 Å². The number of amides is 1. The Kier molecular flexibility index (Phi) is 7.99. The van der Waals surface area contributed by atoms with Crippen LogP contribution < -0.4 is 4.74 Å². The van der Waals surface area contributed by atoms with E-state index in [4.69, 9.17) is 21.6 Å². The molecule has 0 spiro atoms. The number of hydrogen-bond donors (Lipinski definition) is 0. The first-order valence-electron chi connectivity index (χ1n) is 8.53. The number of carbonyl (C=O) groups is 1. The molecule has 7 heteroatoms. The summed E-state index contributed by atoms with van der Waals surface area (Å²) in [6.07, 6.45) is 0.376. The molecule has 1 aromatic rings. The largest absolute Gasteiger partial charge is 0.491 e. The van der Waals surface area contributed by atoms with Crippen LogP contribution in [0, 0.1) is 11.3 Å². The van der Waals surface area contributed by atoms with Crippen LogP contribution in [0.1, 0.15) is 6.42 Å². The maximum absolute atomic E-state index is 12.1. The number of likely N-dealkylation sites (N-methyl/N-ethyl adjacent to an activating group) is 1. The van der Waals surface area contributed by atoms with Crippen LogP contribution in [0.4, 0.5) is 0 Å². The van der Waals surface area contributed by atoms with Crippen molar-refractivity contribution in [2.75, 3.05) is 59.5 Å². The molecule has 0 radical (unpaired) electrons. The molecule has 2 rings (SSSR count). The van der Waals surface area contributed by atoms with Gasteiger partial charge in [-0.05, 0) is 12.1 Å². The normalized spacial score (nSPS) is 15.6. The number of carbonyl (C=O) groups excluding carboxylic acids is 1. The summed E-state index contributed by atoms with van der Waals surface area (Å²) in [6.45, 7) is 5.92. The van der Waals surface area contributed by atoms with E-state index in [1.54, 1.807) is 11.9 Å². The van der Waals surface area contributed by atoms with E-state index in [9.17, 15) is 4.79 Å². The van der Waals surface area contributed by atoms with Crippen molar-refractivity contribution in [2.45, 2.75) is 6.42 Å². The van der Waals surface area contributed by atoms with E-state index >= 15 is 0 Å². The smallest absolute Gasteiger partial charge is 0.236 e. The van der Waals surface area contributed by atoms with Gasteiger partial charge in [-0.15, -0.1) is 0 Å². The number of piperazine rings is 1. The molecule has 1 aliphatic heterocycles. The number of halogens is 1. The van der Waals surface area contributed by atoms with Crippen LogP contribution in [0.15, 0.2) is 24.3 Å². The average Bonchev–Trinajstić information content (AvgIpc) is 2.62. The molecule has 0 N–H and O–H groups in total. The van der Waals surface area contributed by atoms with Crippen molar-refractivity contribution in [3.8, 4) is 11.8 Å². The first kappa shape index (κ1) is 19.5. The second-order valence-corrected chi connectivity index (χ2v) is 6.53. The van der Waals surface area contributed by atoms with Gasteiger partial charge in [0.2, 0.25) is 5.91 Å². The van der Waals surface area contributed by atoms with Gasteiger partial charge in [0.05, 0.1) is 24.1 Å². The highest BCUT2D eigenvalue weighted by atomic mass is 35.5. The number of hydrogen-bond acceptors (Lipinski definition) is 5. The maximum Gasteiger partial charge on any atom is 0.236 e. The second-order valence-electron chi connectivity index (χ2n) is 6.12. The number of nitrogens with zero attached hydrogens (tertiary/aromatic N) is 4. The van der Waals surface area contributed by atoms with Gasteiger partial charge in [-0.1, -0.05) is 23.7 Å². The van der Waals surface area contributed by atoms with Gasteiger partial charge >= 0.3 is 0 Å². The molecule has 1 aliphatic rings. The molecule has 0 saturated carbocycles. The van der Waals surface area contributed by atoms with Gasteiger partial charge in [-0.2, -0.15) is 5.26 Å². The van der Waals surface area contributed by atoms with E-state index in [0.717, 1.165) is 32.7 Å². The van der Waals surface area contributed by atoms with Crippen LogP contribution in [0.3, 0.4) is 0 Å². The Bertz CT molecular complexity index is 597. The lowest BCUT2D eigenvalue weighted by Crippen LogP contribution is -2.50. The van der Waals surface area contributed by atoms with Gasteiger partial charge in [-0.3, -0.25) is 14.6 Å². The molecule has 1 saturated heterocycles. The summed E-state index contributed by atoms with van der Waals surface area (Å²) in [5, 5.41) is 9.22. The molecule has 1 aromatic carbocycles. The van der Waals surface area contributed by atoms with Crippen molar-refractivity contribution < 1.29 is 9.53 Å². The zero-order valence-electron chi connectivity index (χ0n) is 14.7. The molecule has 0 unspecified atom stereocenters. The zero-order chi connectivity index (χ0) is 18.1. The minimum atomic E-state index is 0.0748. The monoisotopic (exact) mass is 364 g/mol. The van der Waals surface area contributed by atoms with E-state index < -0.39 is 0 Å². The van der Waals surface area contributed by atoms with Crippen molar-refractivity contribution >= 4 is 17.5 Å². The zero-order valence-corrected chi connectivity index (χ0v) is 15.4. The summed E-state index contributed by atoms with van der Waals surface area (Å²) in [7, 11) is 1.75. The molecule has 0 aromatic heterocycles. The van der Waals surface area contributed by atoms with Crippen molar-refractivity contribution in [3.05, 3.63) is 29.3 Å². The first-order chi connectivity index (χ1) is 12.1. The fourth-order valence-electron chi connectivity index (χ4n) is 2.67. The van der Waals surface area contributed by atoms with Crippen LogP contribution >= 0.6 is 11.6 Å². The van der Waals surface area contributed by atoms with E-state index in [-0.39, 0.29) is 5.91 Å². The lowest BCUT2D eigenvalue weighted by molar-refractivity contribution is -0.131. The van der Waals surface area contributed by atoms with Gasteiger partial charge in [0.15, 0.2) is 0 Å². The minimum Gasteiger partial charge on any atom is -0.491 e. The quantitative estimate of drug-likeness (QED) is 0.702. The number of rotatable bonds is 8. The summed E-state index contributed by atoms with van der Waals surface area (Å²) in [4.78, 5) is 18.2. The van der Waals surface area contributed by atoms with Crippen molar-refractivity contribution in [1.82, 2.24) is 14.7 Å². The fraction of sp³-hybridized carbons (Fsp3) is 0.556. The van der Waals surface area contributed by atoms with Crippen LogP contribution in [-0.4, -0.2) is 80.1 Å². The molecule has 0 bridgehead atoms. The third kappa shape index (κ3) is 6.54. The third-order valence-corrected chi connectivity index (χ3v) is 4.62. The Labute approximate surface area is 154 Å². The van der Waals surface area contributed by atoms with Crippen molar-refractivity contribution in [1.29, 1.82) is 5.26 Å². The van der Waals surface area contributed by atoms with Crippen LogP contribution in [0.2, 0.25) is 5.02 Å². The van der Waals surface area contributed by atoms with Crippen LogP contribution in [0.25, 0.3) is 0 Å². The molecule has 1 fully saturated rings. The van der Waals surface area contributed by atoms with Gasteiger partial charge in [0.1, 0.15) is 12.4 Å². The first-order valence-corrected chi connectivity index (χ1v) is 8.91. The molecule has 0 aliphatic carbocycles. The number of ether oxygens (including phenoxy) is 1. The third-order valence-electron chi connectivity index (χ3n) is 4.31. The Balaban J connectivity index is 1.64. The van der Waals surface area contributed by atoms with Gasteiger partial charge in [-0.25, -0.2) is 0 Å². The highest BCUT2D eigenvalue weighted by Crippen LogP contribution is 2.22. The lowest BCUT2D eigenvalue weighted by Gasteiger charge is -2.34. The molecule has 1 amide bonds. The molecular formula is C18H25ClN4O2. The summed E-state index contributed by atoms with van der Waals surface area (Å²) in [6, 6.07) is 9.54. The Hall–Kier alpha value is -1.81. The summed E-state index contributed by atoms with van der Waals surface area (Å²) < 4.78 is 5.73. The predicted octanol–water partition coefficient (Wildman–Crippen LogP) is 1.71. The van der Waals surface area contributed by atoms with E-state index in [1.807, 2.05) is 24.3 Å². The van der Waals surface area contributed by atoms with E-state index in [2.05, 4.69) is 15.9 Å². The molecule has 25 heavy (non-hydrogen) atoms. The second kappa shape index (κ2) is 10.2. The van der Waals surface area contributed by atoms with Crippen molar-refractivity contribution in [2.24, 2.45) is 0 Å². The van der Waals surface area contributed by atoms with E-state index in [1.165, 1.54) is 0 Å². The van der Waals surface area contributed by atoms with Crippen LogP contribution in [-0.2, 0) is 4.79 Å². The molecular weight excluding hydrogens is 340 g/mol. The topological polar surface area (TPSA) is 59.8 Å². The van der Waals surface area contributed by atoms with Crippen LogP contribution in [0.5, 0.6) is 5.75 Å². The molecule has 0 atom stereocenters. The summed E-state index contributed by atoms with van der Waals surface area (Å²) in [5.41, 5.74) is 0. The van der Waals surface area contributed by atoms with E-state index in [0.29, 0.717) is 36.9 Å². The average molecular weight is 365 g/mol. The van der Waals surface area contributed by atoms with Gasteiger partial charge in [0.25, 0.3) is 0 Å². The standard InChI is InChI=1S/C18H25ClN4O2/c1-21(8-4-7-20)18(24)15-23-11-9-22(10-12-23)13-14-25-17-6-3-2-5-16(17)19/h2-3,5-6H,4,8-15H2,1H3. The lowest BCUT2D eigenvalue weighted by atomic mass is 10.3. The Morgan fingerprint density at radius 1 is 1.28 bits per heavy atom. The number of para-hydroxylation sites is 1. The maximum atomic E-state index is 12.1. The predicted molar refractivity (Wildman–Crippen MR) is 97.7 cm³/mol. The SMILES string of the molecule is CN(CCC#N)C(=O)CN1CCN(CCOc2ccccc2Cl)CC1. The Morgan fingerprint density at radius 3 is 2.64 bits per heavy atom. The van der Waals surface area contributed by atoms with Gasteiger partial charge in [0, 0.05) is 46.3 Å². The Morgan fingerprint density at radius 2 is 1.96 bits per heavy atom. The fourth-order valence-corrected chi connectivity index (χ4v) is 2.86. The molecule has 1 heterocycles. The number of benzene rings is 1. The number of nitriles is 1. The highest BCUT2D eigenvalue weighted by Gasteiger charge is 2.20. The van der Waals surface area contributed by atoms with Gasteiger partial charge < -0.3 is 9.64 Å². The summed E-state index contributed by atoms with van der Waals surface area (Å²) in [5.74, 6) is 0.791. The highest BCUT2D eigenvalue weighted by molar-refractivity contribution is 6.32. The summed E-state index contributed by atoms with van der Waals surface area (Å²) >= 11 is 6.07. The minimum absolute atomic E-state index is 0.0748.